The first-order chi connectivity index (χ1) is 12.8. The van der Waals surface area contributed by atoms with Crippen molar-refractivity contribution in [2.75, 3.05) is 14.2 Å². The molecule has 0 radical (unpaired) electrons. The van der Waals surface area contributed by atoms with Gasteiger partial charge in [0, 0.05) is 19.8 Å². The van der Waals surface area contributed by atoms with E-state index in [1.807, 2.05) is 0 Å². The largest absolute Gasteiger partial charge is 0.426 e. The van der Waals surface area contributed by atoms with Crippen molar-refractivity contribution in [2.45, 2.75) is 12.5 Å². The summed E-state index contributed by atoms with van der Waals surface area (Å²) in [6, 6.07) is 8.71. The topological polar surface area (TPSA) is 70.7 Å². The minimum Gasteiger partial charge on any atom is -0.372 e. The Morgan fingerprint density at radius 3 is 2.37 bits per heavy atom. The molecule has 1 aromatic heterocycles. The third kappa shape index (κ3) is 3.51. The van der Waals surface area contributed by atoms with E-state index in [4.69, 9.17) is 9.47 Å². The van der Waals surface area contributed by atoms with Crippen LogP contribution in [0.1, 0.15) is 17.4 Å². The Hall–Kier alpha value is -2.91. The van der Waals surface area contributed by atoms with Crippen molar-refractivity contribution in [1.82, 2.24) is 4.57 Å². The summed E-state index contributed by atoms with van der Waals surface area (Å²) in [5, 5.41) is -0.150. The molecule has 0 N–H and O–H groups in total. The fraction of sp³-hybridized carbons (Fsp3) is 0.222. The zero-order chi connectivity index (χ0) is 19.8. The maximum Gasteiger partial charge on any atom is 0.426 e. The van der Waals surface area contributed by atoms with Crippen LogP contribution in [-0.2, 0) is 15.7 Å². The molecule has 0 aliphatic rings. The van der Waals surface area contributed by atoms with Crippen molar-refractivity contribution in [3.05, 3.63) is 74.6 Å². The molecular weight excluding hydrogens is 367 g/mol. The molecule has 0 unspecified atom stereocenters. The predicted molar refractivity (Wildman–Crippen MR) is 89.8 cm³/mol. The lowest BCUT2D eigenvalue weighted by atomic mass is 10.1. The highest BCUT2D eigenvalue weighted by Crippen LogP contribution is 2.31. The third-order valence-corrected chi connectivity index (χ3v) is 3.98. The van der Waals surface area contributed by atoms with Gasteiger partial charge in [-0.15, -0.1) is 0 Å². The normalized spacial score (nSPS) is 12.1. The van der Waals surface area contributed by atoms with Crippen LogP contribution in [0.15, 0.2) is 56.5 Å². The fourth-order valence-corrected chi connectivity index (χ4v) is 2.77. The average Bonchev–Trinajstić information content (AvgIpc) is 2.62. The van der Waals surface area contributed by atoms with Gasteiger partial charge in [0.05, 0.1) is 22.2 Å². The minimum atomic E-state index is -4.63. The number of hydrogen-bond donors (Lipinski definition) is 0. The zero-order valence-corrected chi connectivity index (χ0v) is 14.2. The van der Waals surface area contributed by atoms with Crippen molar-refractivity contribution >= 4 is 10.9 Å². The smallest absolute Gasteiger partial charge is 0.372 e. The Kier molecular flexibility index (Phi) is 4.90. The molecule has 0 bridgehead atoms. The van der Waals surface area contributed by atoms with Gasteiger partial charge in [-0.1, -0.05) is 12.1 Å². The predicted octanol–water partition coefficient (Wildman–Crippen LogP) is 3.25. The van der Waals surface area contributed by atoms with Gasteiger partial charge < -0.3 is 13.9 Å². The summed E-state index contributed by atoms with van der Waals surface area (Å²) in [5.74, 6) is -1.10. The van der Waals surface area contributed by atoms with Crippen molar-refractivity contribution in [2.24, 2.45) is 0 Å². The van der Waals surface area contributed by atoms with E-state index in [0.717, 1.165) is 22.8 Å². The highest BCUT2D eigenvalue weighted by Gasteiger charge is 2.31. The maximum absolute atomic E-state index is 13.1. The lowest BCUT2D eigenvalue weighted by Crippen LogP contribution is -2.24. The van der Waals surface area contributed by atoms with E-state index >= 15 is 0 Å². The number of methoxy groups -OCH3 is 2. The minimum absolute atomic E-state index is 0.150. The van der Waals surface area contributed by atoms with Crippen LogP contribution in [0.3, 0.4) is 0 Å². The van der Waals surface area contributed by atoms with E-state index in [0.29, 0.717) is 5.56 Å². The van der Waals surface area contributed by atoms with Crippen LogP contribution >= 0.6 is 0 Å². The standard InChI is InChI=1S/C18H14F3NO5/c1-25-16(26-2)10-4-3-5-12(8-10)22-14-9-11(18(19,20)21)6-7-13(14)15(23)27-17(22)24/h3-9,16H,1-2H3. The van der Waals surface area contributed by atoms with E-state index in [1.54, 1.807) is 12.1 Å². The monoisotopic (exact) mass is 381 g/mol. The molecule has 0 saturated carbocycles. The van der Waals surface area contributed by atoms with Crippen LogP contribution in [-0.4, -0.2) is 18.8 Å². The van der Waals surface area contributed by atoms with Gasteiger partial charge in [-0.3, -0.25) is 0 Å². The van der Waals surface area contributed by atoms with Gasteiger partial charge in [-0.2, -0.15) is 13.2 Å². The fourth-order valence-electron chi connectivity index (χ4n) is 2.77. The third-order valence-electron chi connectivity index (χ3n) is 3.98. The molecule has 2 aromatic carbocycles. The highest BCUT2D eigenvalue weighted by molar-refractivity contribution is 5.80. The van der Waals surface area contributed by atoms with Crippen molar-refractivity contribution in [1.29, 1.82) is 0 Å². The SMILES string of the molecule is COC(OC)c1cccc(-n2c(=O)oc(=O)c3ccc(C(F)(F)F)cc32)c1. The molecule has 3 aromatic rings. The van der Waals surface area contributed by atoms with Crippen molar-refractivity contribution in [3.8, 4) is 5.69 Å². The molecule has 27 heavy (non-hydrogen) atoms. The molecular formula is C18H14F3NO5. The van der Waals surface area contributed by atoms with Crippen LogP contribution in [0.25, 0.3) is 16.6 Å². The van der Waals surface area contributed by atoms with Crippen LogP contribution < -0.4 is 11.4 Å². The van der Waals surface area contributed by atoms with E-state index in [1.165, 1.54) is 26.4 Å². The summed E-state index contributed by atoms with van der Waals surface area (Å²) < 4.78 is 55.1. The summed E-state index contributed by atoms with van der Waals surface area (Å²) in [6.07, 6.45) is -5.38. The number of fused-ring (bicyclic) bond motifs is 1. The van der Waals surface area contributed by atoms with E-state index < -0.39 is 29.4 Å². The van der Waals surface area contributed by atoms with Crippen molar-refractivity contribution < 1.29 is 27.1 Å². The molecule has 6 nitrogen and oxygen atoms in total. The van der Waals surface area contributed by atoms with Crippen LogP contribution in [0.4, 0.5) is 13.2 Å². The number of aromatic nitrogens is 1. The number of ether oxygens (including phenoxy) is 2. The number of benzene rings is 2. The second-order valence-corrected chi connectivity index (χ2v) is 5.62. The van der Waals surface area contributed by atoms with E-state index in [-0.39, 0.29) is 16.6 Å². The molecule has 0 saturated heterocycles. The lowest BCUT2D eigenvalue weighted by molar-refractivity contribution is -0.137. The lowest BCUT2D eigenvalue weighted by Gasteiger charge is -2.16. The molecule has 0 aliphatic heterocycles. The summed E-state index contributed by atoms with van der Waals surface area (Å²) in [5.41, 5.74) is -1.49. The van der Waals surface area contributed by atoms with Crippen LogP contribution in [0.2, 0.25) is 0 Å². The summed E-state index contributed by atoms with van der Waals surface area (Å²) in [4.78, 5) is 24.2. The second-order valence-electron chi connectivity index (χ2n) is 5.62. The molecule has 142 valence electrons. The first-order valence-electron chi connectivity index (χ1n) is 7.69. The Morgan fingerprint density at radius 2 is 1.74 bits per heavy atom. The van der Waals surface area contributed by atoms with Crippen LogP contribution in [0, 0.1) is 0 Å². The van der Waals surface area contributed by atoms with Gasteiger partial charge in [0.15, 0.2) is 6.29 Å². The average molecular weight is 381 g/mol. The van der Waals surface area contributed by atoms with Gasteiger partial charge in [0.25, 0.3) is 0 Å². The zero-order valence-electron chi connectivity index (χ0n) is 14.2. The first-order valence-corrected chi connectivity index (χ1v) is 7.69. The molecule has 0 fully saturated rings. The second kappa shape index (κ2) is 7.01. The van der Waals surface area contributed by atoms with Gasteiger partial charge in [0.2, 0.25) is 0 Å². The van der Waals surface area contributed by atoms with E-state index in [9.17, 15) is 22.8 Å². The van der Waals surface area contributed by atoms with Crippen LogP contribution in [0.5, 0.6) is 0 Å². The molecule has 9 heteroatoms. The summed E-state index contributed by atoms with van der Waals surface area (Å²) in [7, 11) is 2.83. The molecule has 0 atom stereocenters. The number of nitrogens with zero attached hydrogens (tertiary/aromatic N) is 1. The number of rotatable bonds is 4. The quantitative estimate of drug-likeness (QED) is 0.649. The summed E-state index contributed by atoms with van der Waals surface area (Å²) >= 11 is 0. The molecule has 0 spiro atoms. The Bertz CT molecular complexity index is 1100. The molecule has 1 heterocycles. The van der Waals surface area contributed by atoms with E-state index in [2.05, 4.69) is 4.42 Å². The van der Waals surface area contributed by atoms with Gasteiger partial charge in [-0.25, -0.2) is 14.2 Å². The Morgan fingerprint density at radius 1 is 1.04 bits per heavy atom. The van der Waals surface area contributed by atoms with Crippen molar-refractivity contribution in [3.63, 3.8) is 0 Å². The van der Waals surface area contributed by atoms with Gasteiger partial charge in [0.1, 0.15) is 0 Å². The first kappa shape index (κ1) is 18.9. The summed E-state index contributed by atoms with van der Waals surface area (Å²) in [6.45, 7) is 0. The molecule has 0 amide bonds. The number of halogens is 3. The molecule has 3 rings (SSSR count). The Balaban J connectivity index is 2.33. The number of hydrogen-bond acceptors (Lipinski definition) is 5. The van der Waals surface area contributed by atoms with Gasteiger partial charge in [-0.05, 0) is 30.3 Å². The molecule has 0 aliphatic carbocycles. The highest BCUT2D eigenvalue weighted by atomic mass is 19.4. The van der Waals surface area contributed by atoms with Gasteiger partial charge >= 0.3 is 17.6 Å². The number of alkyl halides is 3. The Labute approximate surface area is 150 Å². The maximum atomic E-state index is 13.1.